The normalized spacial score (nSPS) is 13.8. The van der Waals surface area contributed by atoms with Gasteiger partial charge in [0.05, 0.1) is 10.7 Å². The third kappa shape index (κ3) is 5.17. The van der Waals surface area contributed by atoms with E-state index < -0.39 is 44.0 Å². The number of aromatic nitrogens is 1. The predicted molar refractivity (Wildman–Crippen MR) is 68.7 cm³/mol. The molecule has 0 fully saturated rings. The van der Waals surface area contributed by atoms with Gasteiger partial charge in [0.1, 0.15) is 27.4 Å². The van der Waals surface area contributed by atoms with E-state index in [0.717, 1.165) is 6.26 Å². The van der Waals surface area contributed by atoms with Crippen LogP contribution in [0.1, 0.15) is 12.6 Å². The molecule has 0 bridgehead atoms. The molecular formula is C10H12F3N3O4S. The highest BCUT2D eigenvalue weighted by Gasteiger charge is 2.34. The smallest absolute Gasteiger partial charge is 0.376 e. The molecule has 1 atom stereocenters. The van der Waals surface area contributed by atoms with Crippen molar-refractivity contribution in [2.45, 2.75) is 19.1 Å². The summed E-state index contributed by atoms with van der Waals surface area (Å²) in [5.74, 6) is -0.381. The van der Waals surface area contributed by atoms with Crippen LogP contribution in [0.5, 0.6) is 0 Å². The molecule has 0 saturated heterocycles. The van der Waals surface area contributed by atoms with Crippen LogP contribution in [0, 0.1) is 10.1 Å². The van der Waals surface area contributed by atoms with E-state index in [2.05, 4.69) is 10.3 Å². The number of alkyl halides is 3. The summed E-state index contributed by atoms with van der Waals surface area (Å²) in [5.41, 5.74) is -2.40. The van der Waals surface area contributed by atoms with Crippen molar-refractivity contribution in [3.63, 3.8) is 0 Å². The molecule has 0 radical (unpaired) electrons. The van der Waals surface area contributed by atoms with Crippen LogP contribution in [-0.2, 0) is 16.0 Å². The summed E-state index contributed by atoms with van der Waals surface area (Å²) in [6.07, 6.45) is -3.32. The van der Waals surface area contributed by atoms with Crippen molar-refractivity contribution in [1.82, 2.24) is 4.98 Å². The molecule has 1 rings (SSSR count). The van der Waals surface area contributed by atoms with Crippen LogP contribution in [0.2, 0.25) is 0 Å². The zero-order valence-electron chi connectivity index (χ0n) is 11.0. The van der Waals surface area contributed by atoms with Gasteiger partial charge in [0.2, 0.25) is 0 Å². The number of halogens is 3. The van der Waals surface area contributed by atoms with Gasteiger partial charge >= 0.3 is 11.9 Å². The number of anilines is 1. The van der Waals surface area contributed by atoms with E-state index in [1.54, 1.807) is 0 Å². The first-order valence-corrected chi connectivity index (χ1v) is 7.62. The third-order valence-electron chi connectivity index (χ3n) is 2.32. The summed E-state index contributed by atoms with van der Waals surface area (Å²) in [5, 5.41) is 13.2. The largest absolute Gasteiger partial charge is 0.433 e. The van der Waals surface area contributed by atoms with Crippen molar-refractivity contribution in [1.29, 1.82) is 0 Å². The Bertz CT molecular complexity index is 645. The number of nitrogens with one attached hydrogen (secondary N) is 1. The molecule has 1 aromatic rings. The van der Waals surface area contributed by atoms with E-state index in [0.29, 0.717) is 12.3 Å². The summed E-state index contributed by atoms with van der Waals surface area (Å²) < 4.78 is 59.9. The van der Waals surface area contributed by atoms with Gasteiger partial charge in [0, 0.05) is 12.3 Å². The average Bonchev–Trinajstić information content (AvgIpc) is 2.24. The molecule has 118 valence electrons. The second-order valence-corrected chi connectivity index (χ2v) is 6.66. The van der Waals surface area contributed by atoms with Gasteiger partial charge in [0.25, 0.3) is 0 Å². The zero-order chi connectivity index (χ0) is 16.4. The number of sulfone groups is 1. The molecule has 21 heavy (non-hydrogen) atoms. The van der Waals surface area contributed by atoms with Gasteiger partial charge in [-0.15, -0.1) is 0 Å². The Balaban J connectivity index is 3.15. The first kappa shape index (κ1) is 17.1. The summed E-state index contributed by atoms with van der Waals surface area (Å²) in [7, 11) is -3.39. The summed E-state index contributed by atoms with van der Waals surface area (Å²) >= 11 is 0. The summed E-state index contributed by atoms with van der Waals surface area (Å²) in [6, 6.07) is -0.320. The highest BCUT2D eigenvalue weighted by atomic mass is 32.2. The Hall–Kier alpha value is -1.91. The first-order chi connectivity index (χ1) is 9.40. The minimum absolute atomic E-state index is 0.381. The molecule has 0 saturated carbocycles. The minimum atomic E-state index is -4.76. The maximum absolute atomic E-state index is 12.6. The van der Waals surface area contributed by atoms with Gasteiger partial charge in [0.15, 0.2) is 0 Å². The molecule has 0 spiro atoms. The van der Waals surface area contributed by atoms with Gasteiger partial charge in [-0.1, -0.05) is 0 Å². The number of rotatable bonds is 5. The Labute approximate surface area is 118 Å². The van der Waals surface area contributed by atoms with Gasteiger partial charge in [-0.2, -0.15) is 13.2 Å². The molecule has 0 aliphatic carbocycles. The predicted octanol–water partition coefficient (Wildman–Crippen LogP) is 1.85. The lowest BCUT2D eigenvalue weighted by atomic mass is 10.2. The van der Waals surface area contributed by atoms with Crippen molar-refractivity contribution in [3.8, 4) is 0 Å². The molecule has 7 nitrogen and oxygen atoms in total. The number of pyridine rings is 1. The van der Waals surface area contributed by atoms with Crippen molar-refractivity contribution in [2.75, 3.05) is 17.3 Å². The lowest BCUT2D eigenvalue weighted by molar-refractivity contribution is -0.384. The van der Waals surface area contributed by atoms with Gasteiger partial charge in [-0.3, -0.25) is 10.1 Å². The highest BCUT2D eigenvalue weighted by molar-refractivity contribution is 7.90. The first-order valence-electron chi connectivity index (χ1n) is 5.56. The molecule has 0 aliphatic heterocycles. The molecular weight excluding hydrogens is 315 g/mol. The van der Waals surface area contributed by atoms with Crippen molar-refractivity contribution in [3.05, 3.63) is 28.1 Å². The number of hydrogen-bond acceptors (Lipinski definition) is 6. The molecule has 1 aromatic heterocycles. The third-order valence-corrected chi connectivity index (χ3v) is 3.43. The SMILES string of the molecule is CC(CS(C)(=O)=O)Nc1cc(C(F)(F)F)ncc1[N+](=O)[O-]. The van der Waals surface area contributed by atoms with Crippen LogP contribution >= 0.6 is 0 Å². The quantitative estimate of drug-likeness (QED) is 0.654. The van der Waals surface area contributed by atoms with Crippen LogP contribution in [0.15, 0.2) is 12.3 Å². The second-order valence-electron chi connectivity index (χ2n) is 4.48. The lowest BCUT2D eigenvalue weighted by Crippen LogP contribution is -2.25. The molecule has 1 N–H and O–H groups in total. The lowest BCUT2D eigenvalue weighted by Gasteiger charge is -2.15. The van der Waals surface area contributed by atoms with E-state index in [1.165, 1.54) is 6.92 Å². The number of nitrogens with zero attached hydrogens (tertiary/aromatic N) is 2. The molecule has 0 aromatic carbocycles. The Morgan fingerprint density at radius 2 is 2.05 bits per heavy atom. The van der Waals surface area contributed by atoms with Gasteiger partial charge in [-0.05, 0) is 13.0 Å². The Morgan fingerprint density at radius 3 is 2.48 bits per heavy atom. The standard InChI is InChI=1S/C10H12F3N3O4S/c1-6(5-21(2,19)20)15-7-3-9(10(11,12)13)14-4-8(7)16(17)18/h3-4,6H,5H2,1-2H3,(H,14,15). The fourth-order valence-electron chi connectivity index (χ4n) is 1.63. The fourth-order valence-corrected chi connectivity index (χ4v) is 2.62. The van der Waals surface area contributed by atoms with Crippen LogP contribution in [-0.4, -0.2) is 36.4 Å². The van der Waals surface area contributed by atoms with Crippen molar-refractivity contribution >= 4 is 21.2 Å². The van der Waals surface area contributed by atoms with Gasteiger partial charge < -0.3 is 5.32 Å². The highest BCUT2D eigenvalue weighted by Crippen LogP contribution is 2.33. The Kier molecular flexibility index (Phi) is 4.76. The van der Waals surface area contributed by atoms with Crippen LogP contribution in [0.4, 0.5) is 24.5 Å². The Morgan fingerprint density at radius 1 is 1.48 bits per heavy atom. The zero-order valence-corrected chi connectivity index (χ0v) is 11.8. The van der Waals surface area contributed by atoms with Crippen LogP contribution in [0.3, 0.4) is 0 Å². The average molecular weight is 327 g/mol. The van der Waals surface area contributed by atoms with E-state index >= 15 is 0 Å². The van der Waals surface area contributed by atoms with E-state index in [9.17, 15) is 31.7 Å². The van der Waals surface area contributed by atoms with Crippen molar-refractivity contribution in [2.24, 2.45) is 0 Å². The molecule has 1 unspecified atom stereocenters. The summed E-state index contributed by atoms with van der Waals surface area (Å²) in [6.45, 7) is 1.39. The van der Waals surface area contributed by atoms with E-state index in [1.807, 2.05) is 0 Å². The maximum atomic E-state index is 12.6. The molecule has 0 amide bonds. The maximum Gasteiger partial charge on any atom is 0.433 e. The van der Waals surface area contributed by atoms with E-state index in [4.69, 9.17) is 0 Å². The van der Waals surface area contributed by atoms with Crippen LogP contribution < -0.4 is 5.32 Å². The number of hydrogen-bond donors (Lipinski definition) is 1. The molecule has 11 heteroatoms. The van der Waals surface area contributed by atoms with Crippen molar-refractivity contribution < 1.29 is 26.5 Å². The van der Waals surface area contributed by atoms with Crippen LogP contribution in [0.25, 0.3) is 0 Å². The topological polar surface area (TPSA) is 102 Å². The van der Waals surface area contributed by atoms with Gasteiger partial charge in [-0.25, -0.2) is 13.4 Å². The molecule has 0 aliphatic rings. The van der Waals surface area contributed by atoms with E-state index in [-0.39, 0.29) is 5.75 Å². The fraction of sp³-hybridized carbons (Fsp3) is 0.500. The monoisotopic (exact) mass is 327 g/mol. The molecule has 1 heterocycles. The minimum Gasteiger partial charge on any atom is -0.376 e. The second kappa shape index (κ2) is 5.84. The number of nitro groups is 1. The summed E-state index contributed by atoms with van der Waals surface area (Å²) in [4.78, 5) is 12.9.